The second-order valence-electron chi connectivity index (χ2n) is 5.95. The first kappa shape index (κ1) is 13.3. The van der Waals surface area contributed by atoms with E-state index >= 15 is 0 Å². The monoisotopic (exact) mass is 270 g/mol. The van der Waals surface area contributed by atoms with E-state index in [0.717, 1.165) is 23.1 Å². The van der Waals surface area contributed by atoms with E-state index in [-0.39, 0.29) is 5.54 Å². The van der Waals surface area contributed by atoms with Crippen molar-refractivity contribution in [3.05, 3.63) is 30.5 Å². The van der Waals surface area contributed by atoms with Crippen molar-refractivity contribution in [1.29, 1.82) is 0 Å². The third-order valence-corrected chi connectivity index (χ3v) is 4.64. The van der Waals surface area contributed by atoms with Crippen molar-refractivity contribution in [2.45, 2.75) is 31.2 Å². The topological polar surface area (TPSA) is 41.0 Å². The number of fused-ring (bicyclic) bond motifs is 1. The number of nitrogens with one attached hydrogen (secondary N) is 1. The lowest BCUT2D eigenvalue weighted by Gasteiger charge is -2.36. The number of nitrogens with zero attached hydrogens (tertiary/aromatic N) is 3. The molecular formula is C16H22N4. The number of hydrogen-bond acceptors (Lipinski definition) is 4. The number of aromatic nitrogens is 2. The Balaban J connectivity index is 1.83. The van der Waals surface area contributed by atoms with Crippen molar-refractivity contribution in [2.24, 2.45) is 0 Å². The van der Waals surface area contributed by atoms with E-state index in [4.69, 9.17) is 0 Å². The van der Waals surface area contributed by atoms with Gasteiger partial charge in [0.25, 0.3) is 0 Å². The van der Waals surface area contributed by atoms with Gasteiger partial charge in [0, 0.05) is 17.5 Å². The zero-order chi connectivity index (χ0) is 14.0. The lowest BCUT2D eigenvalue weighted by Crippen LogP contribution is -2.47. The van der Waals surface area contributed by atoms with Crippen molar-refractivity contribution in [1.82, 2.24) is 15.1 Å². The van der Waals surface area contributed by atoms with Crippen molar-refractivity contribution < 1.29 is 0 Å². The summed E-state index contributed by atoms with van der Waals surface area (Å²) in [7, 11) is 4.38. The molecule has 4 nitrogen and oxygen atoms in total. The maximum absolute atomic E-state index is 4.17. The highest BCUT2D eigenvalue weighted by Crippen LogP contribution is 2.34. The Kier molecular flexibility index (Phi) is 3.57. The van der Waals surface area contributed by atoms with E-state index in [1.807, 2.05) is 24.4 Å². The molecule has 0 bridgehead atoms. The Labute approximate surface area is 120 Å². The minimum absolute atomic E-state index is 0.282. The first-order valence-electron chi connectivity index (χ1n) is 7.33. The third kappa shape index (κ3) is 2.36. The molecule has 1 aliphatic rings. The minimum atomic E-state index is 0.282. The predicted molar refractivity (Wildman–Crippen MR) is 82.9 cm³/mol. The quantitative estimate of drug-likeness (QED) is 0.927. The predicted octanol–water partition coefficient (Wildman–Crippen LogP) is 2.92. The summed E-state index contributed by atoms with van der Waals surface area (Å²) in [6.45, 7) is 0.968. The average Bonchev–Trinajstić information content (AvgIpc) is 2.95. The Hall–Kier alpha value is -1.68. The lowest BCUT2D eigenvalue weighted by molar-refractivity contribution is 0.172. The van der Waals surface area contributed by atoms with Crippen molar-refractivity contribution in [3.63, 3.8) is 0 Å². The fraction of sp³-hybridized carbons (Fsp3) is 0.500. The molecule has 3 rings (SSSR count). The molecule has 1 aromatic carbocycles. The molecule has 1 fully saturated rings. The van der Waals surface area contributed by atoms with Crippen LogP contribution in [0.2, 0.25) is 0 Å². The van der Waals surface area contributed by atoms with Gasteiger partial charge < -0.3 is 10.2 Å². The number of benzene rings is 1. The molecule has 1 aromatic heterocycles. The SMILES string of the molecule is CN(C)C1(CNc2cnnc3ccccc23)CCCC1. The van der Waals surface area contributed by atoms with Crippen LogP contribution in [0.3, 0.4) is 0 Å². The van der Waals surface area contributed by atoms with Crippen LogP contribution in [0.15, 0.2) is 30.5 Å². The first-order chi connectivity index (χ1) is 9.71. The molecule has 0 aliphatic heterocycles. The Morgan fingerprint density at radius 2 is 1.95 bits per heavy atom. The van der Waals surface area contributed by atoms with E-state index in [1.54, 1.807) is 0 Å². The number of rotatable bonds is 4. The first-order valence-corrected chi connectivity index (χ1v) is 7.33. The second-order valence-corrected chi connectivity index (χ2v) is 5.95. The van der Waals surface area contributed by atoms with E-state index in [2.05, 4.69) is 40.6 Å². The number of hydrogen-bond donors (Lipinski definition) is 1. The van der Waals surface area contributed by atoms with Crippen molar-refractivity contribution in [3.8, 4) is 0 Å². The molecule has 0 atom stereocenters. The fourth-order valence-corrected chi connectivity index (χ4v) is 3.22. The maximum Gasteiger partial charge on any atom is 0.0950 e. The third-order valence-electron chi connectivity index (χ3n) is 4.64. The molecule has 2 aromatic rings. The van der Waals surface area contributed by atoms with Crippen LogP contribution in [0, 0.1) is 0 Å². The summed E-state index contributed by atoms with van der Waals surface area (Å²) >= 11 is 0. The highest BCUT2D eigenvalue weighted by atomic mass is 15.2. The van der Waals surface area contributed by atoms with Gasteiger partial charge in [-0.15, -0.1) is 0 Å². The van der Waals surface area contributed by atoms with Gasteiger partial charge in [-0.3, -0.25) is 0 Å². The van der Waals surface area contributed by atoms with Gasteiger partial charge in [-0.2, -0.15) is 10.2 Å². The molecule has 0 saturated heterocycles. The summed E-state index contributed by atoms with van der Waals surface area (Å²) in [5, 5.41) is 13.0. The van der Waals surface area contributed by atoms with Crippen molar-refractivity contribution in [2.75, 3.05) is 26.0 Å². The summed E-state index contributed by atoms with van der Waals surface area (Å²) in [5.74, 6) is 0. The van der Waals surface area contributed by atoms with E-state index in [9.17, 15) is 0 Å². The number of anilines is 1. The van der Waals surface area contributed by atoms with Crippen molar-refractivity contribution >= 4 is 16.6 Å². The van der Waals surface area contributed by atoms with E-state index in [0.29, 0.717) is 0 Å². The summed E-state index contributed by atoms with van der Waals surface area (Å²) in [6, 6.07) is 8.15. The van der Waals surface area contributed by atoms with Crippen LogP contribution < -0.4 is 5.32 Å². The van der Waals surface area contributed by atoms with Gasteiger partial charge in [-0.1, -0.05) is 31.0 Å². The summed E-state index contributed by atoms with van der Waals surface area (Å²) in [4.78, 5) is 2.38. The van der Waals surface area contributed by atoms with Gasteiger partial charge in [0.2, 0.25) is 0 Å². The zero-order valence-corrected chi connectivity index (χ0v) is 12.3. The van der Waals surface area contributed by atoms with Crippen LogP contribution in [0.5, 0.6) is 0 Å². The molecule has 106 valence electrons. The largest absolute Gasteiger partial charge is 0.381 e. The van der Waals surface area contributed by atoms with Crippen LogP contribution in [0.4, 0.5) is 5.69 Å². The average molecular weight is 270 g/mol. The molecule has 4 heteroatoms. The van der Waals surface area contributed by atoms with E-state index < -0.39 is 0 Å². The molecule has 0 spiro atoms. The van der Waals surface area contributed by atoms with Crippen LogP contribution >= 0.6 is 0 Å². The molecule has 0 radical (unpaired) electrons. The molecular weight excluding hydrogens is 248 g/mol. The van der Waals surface area contributed by atoms with Crippen LogP contribution in [-0.4, -0.2) is 41.3 Å². The summed E-state index contributed by atoms with van der Waals surface area (Å²) in [5.41, 5.74) is 2.32. The van der Waals surface area contributed by atoms with Crippen LogP contribution in [0.1, 0.15) is 25.7 Å². The smallest absolute Gasteiger partial charge is 0.0950 e. The number of likely N-dealkylation sites (N-methyl/N-ethyl adjacent to an activating group) is 1. The minimum Gasteiger partial charge on any atom is -0.381 e. The van der Waals surface area contributed by atoms with Gasteiger partial charge in [0.05, 0.1) is 17.4 Å². The molecule has 0 amide bonds. The maximum atomic E-state index is 4.17. The molecule has 20 heavy (non-hydrogen) atoms. The van der Waals surface area contributed by atoms with Crippen LogP contribution in [0.25, 0.3) is 10.9 Å². The highest BCUT2D eigenvalue weighted by Gasteiger charge is 2.35. The highest BCUT2D eigenvalue weighted by molar-refractivity contribution is 5.90. The van der Waals surface area contributed by atoms with Gasteiger partial charge >= 0.3 is 0 Å². The summed E-state index contributed by atoms with van der Waals surface area (Å²) in [6.07, 6.45) is 7.03. The van der Waals surface area contributed by atoms with Gasteiger partial charge in [-0.25, -0.2) is 0 Å². The molecule has 1 saturated carbocycles. The molecule has 1 aliphatic carbocycles. The van der Waals surface area contributed by atoms with Gasteiger partial charge in [-0.05, 0) is 33.0 Å². The second kappa shape index (κ2) is 5.37. The normalized spacial score (nSPS) is 17.8. The standard InChI is InChI=1S/C16H22N4/c1-20(2)16(9-5-6-10-16)12-17-15-11-18-19-14-8-4-3-7-13(14)15/h3-4,7-8,11H,5-6,9-10,12H2,1-2H3,(H,17,19). The lowest BCUT2D eigenvalue weighted by atomic mass is 9.96. The van der Waals surface area contributed by atoms with Gasteiger partial charge in [0.15, 0.2) is 0 Å². The summed E-state index contributed by atoms with van der Waals surface area (Å²) < 4.78 is 0. The Bertz CT molecular complexity index is 583. The Morgan fingerprint density at radius 3 is 2.70 bits per heavy atom. The Morgan fingerprint density at radius 1 is 1.20 bits per heavy atom. The van der Waals surface area contributed by atoms with Crippen LogP contribution in [-0.2, 0) is 0 Å². The van der Waals surface area contributed by atoms with Gasteiger partial charge in [0.1, 0.15) is 0 Å². The molecule has 0 unspecified atom stereocenters. The zero-order valence-electron chi connectivity index (χ0n) is 12.3. The molecule has 1 N–H and O–H groups in total. The van der Waals surface area contributed by atoms with E-state index in [1.165, 1.54) is 25.7 Å². The molecule has 1 heterocycles. The fourth-order valence-electron chi connectivity index (χ4n) is 3.22.